The van der Waals surface area contributed by atoms with Crippen LogP contribution in [0.25, 0.3) is 0 Å². The summed E-state index contributed by atoms with van der Waals surface area (Å²) in [4.78, 5) is 14.4. The number of nitrogens with zero attached hydrogens (tertiary/aromatic N) is 4. The first-order chi connectivity index (χ1) is 9.11. The molecule has 0 amide bonds. The van der Waals surface area contributed by atoms with E-state index in [4.69, 9.17) is 16.3 Å². The molecule has 0 radical (unpaired) electrons. The van der Waals surface area contributed by atoms with Crippen molar-refractivity contribution in [3.8, 4) is 5.75 Å². The largest absolute Gasteiger partial charge is 0.479 e. The number of nitro groups is 1. The molecule has 2 rings (SSSR count). The summed E-state index contributed by atoms with van der Waals surface area (Å²) in [5, 5.41) is 14.8. The van der Waals surface area contributed by atoms with Crippen LogP contribution in [0.4, 0.5) is 5.69 Å². The summed E-state index contributed by atoms with van der Waals surface area (Å²) >= 11 is 5.70. The van der Waals surface area contributed by atoms with Crippen molar-refractivity contribution in [3.05, 3.63) is 46.0 Å². The Hall–Kier alpha value is -2.15. The molecule has 19 heavy (non-hydrogen) atoms. The summed E-state index contributed by atoms with van der Waals surface area (Å²) < 4.78 is 6.98. The Balaban J connectivity index is 2.22. The van der Waals surface area contributed by atoms with Crippen molar-refractivity contribution in [3.63, 3.8) is 0 Å². The van der Waals surface area contributed by atoms with Gasteiger partial charge in [0.1, 0.15) is 12.9 Å². The lowest BCUT2D eigenvalue weighted by Gasteiger charge is -2.07. The van der Waals surface area contributed by atoms with Crippen LogP contribution in [0, 0.1) is 10.1 Å². The minimum atomic E-state index is -0.496. The van der Waals surface area contributed by atoms with Crippen LogP contribution in [0.15, 0.2) is 24.5 Å². The molecule has 2 aromatic rings. The SMILES string of the molecule is Cn1ncnc1COc1cc(CCl)ccc1[N+](=O)[O-]. The van der Waals surface area contributed by atoms with Gasteiger partial charge in [-0.1, -0.05) is 6.07 Å². The summed E-state index contributed by atoms with van der Waals surface area (Å²) in [6.07, 6.45) is 1.39. The topological polar surface area (TPSA) is 83.1 Å². The highest BCUT2D eigenvalue weighted by Crippen LogP contribution is 2.29. The molecule has 7 nitrogen and oxygen atoms in total. The van der Waals surface area contributed by atoms with Gasteiger partial charge < -0.3 is 4.74 Å². The van der Waals surface area contributed by atoms with Gasteiger partial charge in [0, 0.05) is 19.0 Å². The number of hydrogen-bond acceptors (Lipinski definition) is 5. The maximum Gasteiger partial charge on any atom is 0.310 e. The zero-order chi connectivity index (χ0) is 13.8. The third-order valence-electron chi connectivity index (χ3n) is 2.54. The summed E-state index contributed by atoms with van der Waals surface area (Å²) in [6, 6.07) is 4.53. The van der Waals surface area contributed by atoms with Crippen molar-refractivity contribution in [1.82, 2.24) is 14.8 Å². The normalized spacial score (nSPS) is 10.4. The van der Waals surface area contributed by atoms with Gasteiger partial charge in [0.05, 0.1) is 4.92 Å². The molecule has 100 valence electrons. The number of aryl methyl sites for hydroxylation is 1. The Bertz CT molecular complexity index is 599. The summed E-state index contributed by atoms with van der Waals surface area (Å²) in [5.74, 6) is 1.01. The van der Waals surface area contributed by atoms with E-state index < -0.39 is 4.92 Å². The molecule has 8 heteroatoms. The Morgan fingerprint density at radius 3 is 2.89 bits per heavy atom. The van der Waals surface area contributed by atoms with E-state index in [2.05, 4.69) is 10.1 Å². The number of halogens is 1. The van der Waals surface area contributed by atoms with E-state index >= 15 is 0 Å². The second-order valence-corrected chi connectivity index (χ2v) is 4.05. The number of alkyl halides is 1. The van der Waals surface area contributed by atoms with Crippen molar-refractivity contribution < 1.29 is 9.66 Å². The number of hydrogen-bond donors (Lipinski definition) is 0. The maximum absolute atomic E-state index is 10.9. The summed E-state index contributed by atoms with van der Waals surface area (Å²) in [5.41, 5.74) is 0.649. The van der Waals surface area contributed by atoms with Gasteiger partial charge in [0.25, 0.3) is 0 Å². The molecular weight excluding hydrogens is 272 g/mol. The van der Waals surface area contributed by atoms with Gasteiger partial charge in [-0.15, -0.1) is 11.6 Å². The number of ether oxygens (including phenoxy) is 1. The molecule has 0 spiro atoms. The van der Waals surface area contributed by atoms with Crippen molar-refractivity contribution in [2.24, 2.45) is 7.05 Å². The molecule has 0 N–H and O–H groups in total. The molecule has 0 saturated carbocycles. The number of nitro benzene ring substituents is 1. The minimum absolute atomic E-state index is 0.100. The molecular formula is C11H11ClN4O3. The van der Waals surface area contributed by atoms with Crippen LogP contribution in [-0.2, 0) is 19.5 Å². The number of aromatic nitrogens is 3. The zero-order valence-corrected chi connectivity index (χ0v) is 10.9. The van der Waals surface area contributed by atoms with Crippen LogP contribution in [0.3, 0.4) is 0 Å². The molecule has 1 heterocycles. The van der Waals surface area contributed by atoms with E-state index in [1.165, 1.54) is 17.1 Å². The lowest BCUT2D eigenvalue weighted by molar-refractivity contribution is -0.386. The monoisotopic (exact) mass is 282 g/mol. The van der Waals surface area contributed by atoms with Crippen LogP contribution >= 0.6 is 11.6 Å². The minimum Gasteiger partial charge on any atom is -0.479 e. The predicted molar refractivity (Wildman–Crippen MR) is 68.0 cm³/mol. The molecule has 0 atom stereocenters. The van der Waals surface area contributed by atoms with E-state index in [1.807, 2.05) is 0 Å². The van der Waals surface area contributed by atoms with Crippen LogP contribution in [-0.4, -0.2) is 19.7 Å². The smallest absolute Gasteiger partial charge is 0.310 e. The second kappa shape index (κ2) is 5.66. The first kappa shape index (κ1) is 13.3. The fraction of sp³-hybridized carbons (Fsp3) is 0.273. The van der Waals surface area contributed by atoms with Gasteiger partial charge in [-0.05, 0) is 11.6 Å². The molecule has 0 aliphatic heterocycles. The van der Waals surface area contributed by atoms with E-state index in [9.17, 15) is 10.1 Å². The fourth-order valence-electron chi connectivity index (χ4n) is 1.50. The lowest BCUT2D eigenvalue weighted by Crippen LogP contribution is -2.06. The molecule has 0 bridgehead atoms. The van der Waals surface area contributed by atoms with Crippen molar-refractivity contribution in [1.29, 1.82) is 0 Å². The van der Waals surface area contributed by atoms with Gasteiger partial charge in [-0.2, -0.15) is 5.10 Å². The van der Waals surface area contributed by atoms with E-state index in [0.717, 1.165) is 5.56 Å². The Labute approximate surface area is 113 Å². The van der Waals surface area contributed by atoms with Gasteiger partial charge in [0.2, 0.25) is 0 Å². The second-order valence-electron chi connectivity index (χ2n) is 3.78. The molecule has 0 aliphatic carbocycles. The molecule has 1 aromatic carbocycles. The zero-order valence-electron chi connectivity index (χ0n) is 10.1. The number of rotatable bonds is 5. The van der Waals surface area contributed by atoms with Gasteiger partial charge in [-0.25, -0.2) is 4.98 Å². The molecule has 0 saturated heterocycles. The fourth-order valence-corrected chi connectivity index (χ4v) is 1.67. The molecule has 0 unspecified atom stereocenters. The summed E-state index contributed by atoms with van der Waals surface area (Å²) in [6.45, 7) is 0.100. The van der Waals surface area contributed by atoms with Crippen LogP contribution in [0.1, 0.15) is 11.4 Å². The van der Waals surface area contributed by atoms with Crippen molar-refractivity contribution in [2.75, 3.05) is 0 Å². The number of benzene rings is 1. The first-order valence-corrected chi connectivity index (χ1v) is 5.94. The average Bonchev–Trinajstić information content (AvgIpc) is 2.81. The van der Waals surface area contributed by atoms with Gasteiger partial charge in [0.15, 0.2) is 11.6 Å². The molecule has 0 aliphatic rings. The van der Waals surface area contributed by atoms with Crippen LogP contribution in [0.2, 0.25) is 0 Å². The van der Waals surface area contributed by atoms with Gasteiger partial charge >= 0.3 is 5.69 Å². The Morgan fingerprint density at radius 1 is 1.53 bits per heavy atom. The average molecular weight is 283 g/mol. The maximum atomic E-state index is 10.9. The van der Waals surface area contributed by atoms with Gasteiger partial charge in [-0.3, -0.25) is 14.8 Å². The quantitative estimate of drug-likeness (QED) is 0.476. The molecule has 0 fully saturated rings. The highest BCUT2D eigenvalue weighted by atomic mass is 35.5. The standard InChI is InChI=1S/C11H11ClN4O3/c1-15-11(13-7-14-15)6-19-10-4-8(5-12)2-3-9(10)16(17)18/h2-4,7H,5-6H2,1H3. The lowest BCUT2D eigenvalue weighted by atomic mass is 10.2. The van der Waals surface area contributed by atoms with Crippen LogP contribution in [0.5, 0.6) is 5.75 Å². The van der Waals surface area contributed by atoms with E-state index in [0.29, 0.717) is 5.82 Å². The van der Waals surface area contributed by atoms with E-state index in [-0.39, 0.29) is 23.9 Å². The highest BCUT2D eigenvalue weighted by molar-refractivity contribution is 6.17. The first-order valence-electron chi connectivity index (χ1n) is 5.40. The third kappa shape index (κ3) is 3.00. The van der Waals surface area contributed by atoms with Crippen LogP contribution < -0.4 is 4.74 Å². The predicted octanol–water partition coefficient (Wildman–Crippen LogP) is 2.04. The Morgan fingerprint density at radius 2 is 2.32 bits per heavy atom. The third-order valence-corrected chi connectivity index (χ3v) is 2.85. The summed E-state index contributed by atoms with van der Waals surface area (Å²) in [7, 11) is 1.72. The van der Waals surface area contributed by atoms with E-state index in [1.54, 1.807) is 19.2 Å². The highest BCUT2D eigenvalue weighted by Gasteiger charge is 2.16. The Kier molecular flexibility index (Phi) is 3.96. The van der Waals surface area contributed by atoms with Crippen molar-refractivity contribution in [2.45, 2.75) is 12.5 Å². The molecule has 1 aromatic heterocycles. The van der Waals surface area contributed by atoms with Crippen molar-refractivity contribution >= 4 is 17.3 Å².